The van der Waals surface area contributed by atoms with Crippen LogP contribution >= 0.6 is 0 Å². The van der Waals surface area contributed by atoms with Crippen molar-refractivity contribution in [3.05, 3.63) is 47.7 Å². The Morgan fingerprint density at radius 2 is 1.79 bits per heavy atom. The Bertz CT molecular complexity index is 924. The van der Waals surface area contributed by atoms with E-state index in [1.165, 1.54) is 12.1 Å². The topological polar surface area (TPSA) is 51.7 Å². The first-order valence-electron chi connectivity index (χ1n) is 10.1. The number of carbonyl (C=O) groups excluding carboxylic acids is 1. The molecular weight excluding hydrogens is 376 g/mol. The lowest BCUT2D eigenvalue weighted by Crippen LogP contribution is -2.46. The molecule has 29 heavy (non-hydrogen) atoms. The molecule has 2 fully saturated rings. The number of rotatable bonds is 3. The van der Waals surface area contributed by atoms with Gasteiger partial charge in [0.15, 0.2) is 5.82 Å². The minimum absolute atomic E-state index is 0.0601. The molecule has 1 aromatic carbocycles. The maximum Gasteiger partial charge on any atom is 0.247 e. The molecule has 8 heteroatoms. The minimum Gasteiger partial charge on any atom is -0.369 e. The van der Waals surface area contributed by atoms with E-state index in [9.17, 15) is 13.6 Å². The zero-order valence-corrected chi connectivity index (χ0v) is 16.1. The van der Waals surface area contributed by atoms with Crippen molar-refractivity contribution in [3.8, 4) is 0 Å². The zero-order valence-electron chi connectivity index (χ0n) is 16.1. The second kappa shape index (κ2) is 7.26. The van der Waals surface area contributed by atoms with E-state index in [0.717, 1.165) is 62.2 Å². The van der Waals surface area contributed by atoms with E-state index < -0.39 is 11.6 Å². The Hall–Kier alpha value is -2.74. The number of fused-ring (bicyclic) bond motifs is 3. The fourth-order valence-corrected chi connectivity index (χ4v) is 4.56. The highest BCUT2D eigenvalue weighted by atomic mass is 19.1. The number of amides is 1. The summed E-state index contributed by atoms with van der Waals surface area (Å²) in [6.45, 7) is 4.58. The molecule has 1 atom stereocenters. The summed E-state index contributed by atoms with van der Waals surface area (Å²) < 4.78 is 27.0. The first kappa shape index (κ1) is 18.3. The van der Waals surface area contributed by atoms with Gasteiger partial charge in [0.25, 0.3) is 0 Å². The molecule has 0 aliphatic carbocycles. The zero-order chi connectivity index (χ0) is 20.0. The molecule has 6 nitrogen and oxygen atoms in total. The smallest absolute Gasteiger partial charge is 0.247 e. The van der Waals surface area contributed by atoms with Crippen molar-refractivity contribution in [1.29, 1.82) is 0 Å². The van der Waals surface area contributed by atoms with Crippen LogP contribution in [-0.2, 0) is 11.3 Å². The molecule has 0 radical (unpaired) electrons. The van der Waals surface area contributed by atoms with Crippen LogP contribution in [0.4, 0.5) is 26.0 Å². The maximum atomic E-state index is 13.5. The first-order chi connectivity index (χ1) is 14.1. The van der Waals surface area contributed by atoms with Gasteiger partial charge in [0.1, 0.15) is 17.7 Å². The summed E-state index contributed by atoms with van der Waals surface area (Å²) in [5.41, 5.74) is 2.42. The second-order valence-electron chi connectivity index (χ2n) is 7.95. The minimum atomic E-state index is -0.551. The number of piperazine rings is 1. The third-order valence-corrected chi connectivity index (χ3v) is 6.00. The quantitative estimate of drug-likeness (QED) is 0.860. The Balaban J connectivity index is 1.24. The van der Waals surface area contributed by atoms with Gasteiger partial charge in [-0.15, -0.1) is 0 Å². The number of nitrogens with zero attached hydrogens (tertiary/aromatic N) is 4. The van der Waals surface area contributed by atoms with Gasteiger partial charge in [-0.25, -0.2) is 13.8 Å². The molecule has 0 spiro atoms. The average Bonchev–Trinajstić information content (AvgIpc) is 3.18. The van der Waals surface area contributed by atoms with Crippen molar-refractivity contribution in [2.24, 2.45) is 0 Å². The summed E-state index contributed by atoms with van der Waals surface area (Å²) in [6.07, 6.45) is 3.79. The predicted molar refractivity (Wildman–Crippen MR) is 107 cm³/mol. The standard InChI is InChI=1S/C21H23F2N5O/c22-15-9-16(23)11-17(10-15)27-6-4-26(5-7-27)13-14-8-18-20(24-12-14)28-3-1-2-19(28)21(29)25-18/h8-12,19H,1-7,13H2,(H,25,29). The van der Waals surface area contributed by atoms with Crippen molar-refractivity contribution >= 4 is 23.1 Å². The molecule has 0 bridgehead atoms. The number of carbonyl (C=O) groups is 1. The van der Waals surface area contributed by atoms with Crippen molar-refractivity contribution in [2.75, 3.05) is 47.8 Å². The first-order valence-corrected chi connectivity index (χ1v) is 10.1. The average molecular weight is 399 g/mol. The number of nitrogens with one attached hydrogen (secondary N) is 1. The van der Waals surface area contributed by atoms with E-state index >= 15 is 0 Å². The van der Waals surface area contributed by atoms with Crippen LogP contribution in [-0.4, -0.2) is 54.6 Å². The van der Waals surface area contributed by atoms with Gasteiger partial charge in [-0.2, -0.15) is 0 Å². The van der Waals surface area contributed by atoms with Gasteiger partial charge < -0.3 is 15.1 Å². The van der Waals surface area contributed by atoms with Crippen molar-refractivity contribution < 1.29 is 13.6 Å². The van der Waals surface area contributed by atoms with Crippen LogP contribution in [0, 0.1) is 11.6 Å². The number of benzene rings is 1. The highest BCUT2D eigenvalue weighted by molar-refractivity contribution is 6.03. The van der Waals surface area contributed by atoms with Gasteiger partial charge in [-0.1, -0.05) is 0 Å². The molecule has 152 valence electrons. The monoisotopic (exact) mass is 399 g/mol. The molecule has 2 aromatic rings. The van der Waals surface area contributed by atoms with Gasteiger partial charge >= 0.3 is 0 Å². The lowest BCUT2D eigenvalue weighted by atomic mass is 10.1. The lowest BCUT2D eigenvalue weighted by molar-refractivity contribution is -0.117. The molecule has 1 amide bonds. The Labute approximate surface area is 168 Å². The van der Waals surface area contributed by atoms with Gasteiger partial charge in [0.05, 0.1) is 5.69 Å². The largest absolute Gasteiger partial charge is 0.369 e. The number of halogens is 2. The fourth-order valence-electron chi connectivity index (χ4n) is 4.56. The summed E-state index contributed by atoms with van der Waals surface area (Å²) in [4.78, 5) is 23.3. The van der Waals surface area contributed by atoms with Crippen molar-refractivity contribution in [1.82, 2.24) is 9.88 Å². The van der Waals surface area contributed by atoms with Gasteiger partial charge in [-0.3, -0.25) is 9.69 Å². The molecule has 2 saturated heterocycles. The molecule has 3 aliphatic rings. The van der Waals surface area contributed by atoms with Crippen LogP contribution in [0.15, 0.2) is 30.5 Å². The predicted octanol–water partition coefficient (Wildman–Crippen LogP) is 2.60. The molecule has 0 saturated carbocycles. The SMILES string of the molecule is O=C1Nc2cc(CN3CCN(c4cc(F)cc(F)c4)CC3)cnc2N2CCCC12. The van der Waals surface area contributed by atoms with Crippen LogP contribution in [0.1, 0.15) is 18.4 Å². The summed E-state index contributed by atoms with van der Waals surface area (Å²) >= 11 is 0. The van der Waals surface area contributed by atoms with Crippen LogP contribution < -0.4 is 15.1 Å². The van der Waals surface area contributed by atoms with E-state index in [-0.39, 0.29) is 11.9 Å². The molecular formula is C21H23F2N5O. The van der Waals surface area contributed by atoms with Gasteiger partial charge in [-0.05, 0) is 36.6 Å². The number of pyridine rings is 1. The maximum absolute atomic E-state index is 13.5. The van der Waals surface area contributed by atoms with Crippen LogP contribution in [0.25, 0.3) is 0 Å². The van der Waals surface area contributed by atoms with Crippen LogP contribution in [0.3, 0.4) is 0 Å². The summed E-state index contributed by atoms with van der Waals surface area (Å²) in [7, 11) is 0. The lowest BCUT2D eigenvalue weighted by Gasteiger charge is -2.36. The van der Waals surface area contributed by atoms with Gasteiger partial charge in [0.2, 0.25) is 5.91 Å². The van der Waals surface area contributed by atoms with Crippen LogP contribution in [0.2, 0.25) is 0 Å². The highest BCUT2D eigenvalue weighted by Crippen LogP contribution is 2.35. The number of anilines is 3. The van der Waals surface area contributed by atoms with Crippen LogP contribution in [0.5, 0.6) is 0 Å². The molecule has 4 heterocycles. The van der Waals surface area contributed by atoms with E-state index in [4.69, 9.17) is 0 Å². The summed E-state index contributed by atoms with van der Waals surface area (Å²) in [5, 5.41) is 3.01. The Morgan fingerprint density at radius 3 is 2.55 bits per heavy atom. The highest BCUT2D eigenvalue weighted by Gasteiger charge is 2.37. The second-order valence-corrected chi connectivity index (χ2v) is 7.95. The van der Waals surface area contributed by atoms with E-state index in [2.05, 4.69) is 20.1 Å². The van der Waals surface area contributed by atoms with Crippen molar-refractivity contribution in [2.45, 2.75) is 25.4 Å². The molecule has 3 aliphatic heterocycles. The third kappa shape index (κ3) is 3.53. The number of hydrogen-bond donors (Lipinski definition) is 1. The fraction of sp³-hybridized carbons (Fsp3) is 0.429. The Morgan fingerprint density at radius 1 is 1.03 bits per heavy atom. The third-order valence-electron chi connectivity index (χ3n) is 6.00. The molecule has 1 unspecified atom stereocenters. The van der Waals surface area contributed by atoms with E-state index in [1.54, 1.807) is 0 Å². The molecule has 1 aromatic heterocycles. The van der Waals surface area contributed by atoms with Gasteiger partial charge in [0, 0.05) is 57.2 Å². The Kier molecular flexibility index (Phi) is 4.58. The van der Waals surface area contributed by atoms with E-state index in [1.807, 2.05) is 17.2 Å². The summed E-state index contributed by atoms with van der Waals surface area (Å²) in [6, 6.07) is 5.58. The number of aromatic nitrogens is 1. The van der Waals surface area contributed by atoms with E-state index in [0.29, 0.717) is 18.8 Å². The normalized spacial score (nSPS) is 21.7. The van der Waals surface area contributed by atoms with Crippen molar-refractivity contribution in [3.63, 3.8) is 0 Å². The summed E-state index contributed by atoms with van der Waals surface area (Å²) in [5.74, 6) is -0.173. The molecule has 5 rings (SSSR count). The molecule has 1 N–H and O–H groups in total. The number of hydrogen-bond acceptors (Lipinski definition) is 5.